The summed E-state index contributed by atoms with van der Waals surface area (Å²) in [4.78, 5) is 108. The van der Waals surface area contributed by atoms with E-state index in [0.717, 1.165) is 72.2 Å². The number of hydrogen-bond donors (Lipinski definition) is 18. The van der Waals surface area contributed by atoms with E-state index >= 15 is 0 Å². The summed E-state index contributed by atoms with van der Waals surface area (Å²) in [5, 5.41) is 118. The Bertz CT molecular complexity index is 3740. The van der Waals surface area contributed by atoms with Gasteiger partial charge < -0.3 is 150 Å². The highest BCUT2D eigenvalue weighted by atomic mass is 31.1. The molecular formula is C94H159N12O30P+2. The van der Waals surface area contributed by atoms with Gasteiger partial charge >= 0.3 is 8.00 Å². The summed E-state index contributed by atoms with van der Waals surface area (Å²) >= 11 is 0. The number of carbonyl (C=O) groups excluding carboxylic acids is 8. The summed E-state index contributed by atoms with van der Waals surface area (Å²) in [6.45, 7) is 10.2. The van der Waals surface area contributed by atoms with E-state index in [4.69, 9.17) is 61.2 Å². The van der Waals surface area contributed by atoms with Crippen LogP contribution in [0.4, 0.5) is 5.69 Å². The maximum atomic E-state index is 14.8. The van der Waals surface area contributed by atoms with Crippen LogP contribution in [0.2, 0.25) is 0 Å². The molecule has 0 spiro atoms. The van der Waals surface area contributed by atoms with Crippen LogP contribution in [0, 0.1) is 5.92 Å². The van der Waals surface area contributed by atoms with Gasteiger partial charge in [-0.2, -0.15) is 9.05 Å². The van der Waals surface area contributed by atoms with Crippen molar-refractivity contribution in [1.29, 1.82) is 0 Å². The van der Waals surface area contributed by atoms with Crippen LogP contribution >= 0.6 is 8.00 Å². The van der Waals surface area contributed by atoms with Crippen LogP contribution in [0.15, 0.2) is 48.5 Å². The highest BCUT2D eigenvalue weighted by Crippen LogP contribution is 2.38. The van der Waals surface area contributed by atoms with Crippen molar-refractivity contribution in [3.05, 3.63) is 65.2 Å². The molecule has 0 aromatic heterocycles. The van der Waals surface area contributed by atoms with Crippen LogP contribution in [-0.4, -0.2) is 378 Å². The average Bonchev–Trinajstić information content (AvgIpc) is 0.765. The molecule has 137 heavy (non-hydrogen) atoms. The van der Waals surface area contributed by atoms with Crippen molar-refractivity contribution in [2.45, 2.75) is 280 Å². The number of piperidine rings is 1. The van der Waals surface area contributed by atoms with E-state index in [-0.39, 0.29) is 148 Å². The van der Waals surface area contributed by atoms with Gasteiger partial charge in [0, 0.05) is 149 Å². The summed E-state index contributed by atoms with van der Waals surface area (Å²) in [5.74, 6) is 0.907. The van der Waals surface area contributed by atoms with Gasteiger partial charge in [-0.25, -0.2) is 5.01 Å². The molecule has 778 valence electrons. The molecule has 5 aliphatic heterocycles. The third-order valence-electron chi connectivity index (χ3n) is 24.3. The molecule has 5 aliphatic rings. The van der Waals surface area contributed by atoms with Gasteiger partial charge in [0.1, 0.15) is 97.5 Å². The number of aliphatic hydroxyl groups is 9. The fraction of sp³-hybridized carbons (Fsp3) is 0.755. The van der Waals surface area contributed by atoms with Crippen LogP contribution in [0.25, 0.3) is 11.4 Å². The Hall–Kier alpha value is -7.41. The number of ether oxygens (including phenoxy) is 11. The minimum absolute atomic E-state index is 0.0831. The first-order valence-electron chi connectivity index (χ1n) is 48.6. The zero-order chi connectivity index (χ0) is 99.4. The van der Waals surface area contributed by atoms with Crippen molar-refractivity contribution in [2.24, 2.45) is 5.92 Å². The van der Waals surface area contributed by atoms with Crippen molar-refractivity contribution in [3.8, 4) is 0 Å². The SMILES string of the molecule is CNC1=C(N([NH3+])CCOCCOCC(=O)N2CCC(C(=O)NC(COCCC(=O)NCCCCCCOC3OC(CO)C(O)C(O)C3NC(C)=O)(COCCC(=O)NCCCCCCOC3OC(CO)C(O)C(O)C3NC(C)=O)COCCC(=O)NCCCCCCOC3OC(CO)C(O)C(O)C3NC(C)=O)CC2)c2ccccc2CN(CCCCCCCO[P+](OC)=C(C)C)c2ccccc21. The van der Waals surface area contributed by atoms with Gasteiger partial charge in [-0.05, 0) is 75.8 Å². The molecule has 0 saturated carbocycles. The number of fused-ring (bicyclic) bond motifs is 2. The number of aliphatic hydroxyl groups excluding tert-OH is 9. The highest BCUT2D eigenvalue weighted by Gasteiger charge is 2.49. The molecule has 7 rings (SSSR count). The van der Waals surface area contributed by atoms with E-state index in [1.54, 1.807) is 12.0 Å². The Kier molecular flexibility index (Phi) is 55.2. The van der Waals surface area contributed by atoms with Crippen LogP contribution in [0.1, 0.15) is 193 Å². The Labute approximate surface area is 806 Å². The number of likely N-dealkylation sites (tertiary alicyclic amines) is 1. The van der Waals surface area contributed by atoms with Crippen molar-refractivity contribution >= 4 is 77.6 Å². The third-order valence-corrected chi connectivity index (χ3v) is 25.8. The predicted molar refractivity (Wildman–Crippen MR) is 505 cm³/mol. The van der Waals surface area contributed by atoms with Crippen molar-refractivity contribution in [2.75, 3.05) is 177 Å². The molecular weight excluding hydrogens is 1810 g/mol. The molecule has 4 fully saturated rings. The second-order valence-electron chi connectivity index (χ2n) is 35.5. The zero-order valence-electron chi connectivity index (χ0n) is 81.2. The number of rotatable bonds is 67. The van der Waals surface area contributed by atoms with E-state index in [0.29, 0.717) is 123 Å². The molecule has 5 heterocycles. The minimum Gasteiger partial charge on any atom is -0.394 e. The minimum atomic E-state index is -1.48. The second-order valence-corrected chi connectivity index (χ2v) is 37.6. The molecule has 8 amide bonds. The van der Waals surface area contributed by atoms with E-state index in [2.05, 4.69) is 95.7 Å². The Morgan fingerprint density at radius 3 is 1.33 bits per heavy atom. The van der Waals surface area contributed by atoms with Gasteiger partial charge in [0.15, 0.2) is 24.2 Å². The Balaban J connectivity index is 0.928. The van der Waals surface area contributed by atoms with Gasteiger partial charge in [0.25, 0.3) is 0 Å². The number of quaternary nitrogens is 1. The first-order valence-corrected chi connectivity index (χ1v) is 49.8. The Morgan fingerprint density at radius 2 is 0.898 bits per heavy atom. The molecule has 0 radical (unpaired) electrons. The molecule has 16 unspecified atom stereocenters. The quantitative estimate of drug-likeness (QED) is 0.0234. The second kappa shape index (κ2) is 64.9. The van der Waals surface area contributed by atoms with Crippen LogP contribution in [-0.2, 0) is 106 Å². The van der Waals surface area contributed by atoms with Crippen molar-refractivity contribution in [3.63, 3.8) is 0 Å². The molecule has 0 aliphatic carbocycles. The van der Waals surface area contributed by atoms with E-state index in [9.17, 15) is 84.3 Å². The van der Waals surface area contributed by atoms with Gasteiger partial charge in [-0.3, -0.25) is 44.2 Å². The highest BCUT2D eigenvalue weighted by molar-refractivity contribution is 7.49. The number of anilines is 1. The lowest BCUT2D eigenvalue weighted by Crippen LogP contribution is -2.67. The molecule has 0 bridgehead atoms. The van der Waals surface area contributed by atoms with Gasteiger partial charge in [-0.15, -0.1) is 0 Å². The normalized spacial score (nSPS) is 23.5. The van der Waals surface area contributed by atoms with Crippen molar-refractivity contribution in [1.82, 2.24) is 52.4 Å². The number of nitrogens with one attached hydrogen (secondary N) is 8. The van der Waals surface area contributed by atoms with Crippen LogP contribution < -0.4 is 53.3 Å². The topological polar surface area (TPSA) is 572 Å². The fourth-order valence-electron chi connectivity index (χ4n) is 16.8. The van der Waals surface area contributed by atoms with E-state index < -0.39 is 155 Å². The van der Waals surface area contributed by atoms with Gasteiger partial charge in [-0.1, -0.05) is 100 Å². The monoisotopic (exact) mass is 1970 g/mol. The number of carbonyl (C=O) groups is 8. The summed E-state index contributed by atoms with van der Waals surface area (Å²) in [6, 6.07) is 13.7. The number of nitrogens with zero attached hydrogens (tertiary/aromatic N) is 3. The lowest BCUT2D eigenvalue weighted by atomic mass is 9.93. The molecule has 42 nitrogen and oxygen atoms in total. The number of amides is 8. The maximum Gasteiger partial charge on any atom is 0.429 e. The van der Waals surface area contributed by atoms with Gasteiger partial charge in [0.05, 0.1) is 98.6 Å². The van der Waals surface area contributed by atoms with Crippen LogP contribution in [0.5, 0.6) is 0 Å². The summed E-state index contributed by atoms with van der Waals surface area (Å²) in [7, 11) is 2.69. The lowest BCUT2D eigenvalue weighted by molar-refractivity contribution is -0.549. The predicted octanol–water partition coefficient (Wildman–Crippen LogP) is -0.0941. The van der Waals surface area contributed by atoms with Gasteiger partial charge in [0.2, 0.25) is 47.3 Å². The van der Waals surface area contributed by atoms with Crippen LogP contribution in [0.3, 0.4) is 0 Å². The molecule has 20 N–H and O–H groups in total. The number of para-hydroxylation sites is 1. The molecule has 4 saturated heterocycles. The number of hydrogen-bond acceptors (Lipinski definition) is 33. The summed E-state index contributed by atoms with van der Waals surface area (Å²) in [6.07, 6.45) is -2.21. The molecule has 2 aromatic rings. The third kappa shape index (κ3) is 40.5. The first kappa shape index (κ1) is 117. The number of benzene rings is 2. The van der Waals surface area contributed by atoms with Crippen molar-refractivity contribution < 1.29 is 151 Å². The average molecular weight is 1970 g/mol. The largest absolute Gasteiger partial charge is 0.429 e. The maximum absolute atomic E-state index is 14.8. The molecule has 43 heteroatoms. The van der Waals surface area contributed by atoms with E-state index in [1.807, 2.05) is 32.0 Å². The lowest BCUT2D eigenvalue weighted by Gasteiger charge is -2.42. The summed E-state index contributed by atoms with van der Waals surface area (Å²) in [5.41, 5.74) is 4.86. The molecule has 2 aromatic carbocycles. The zero-order valence-corrected chi connectivity index (χ0v) is 82.1. The summed E-state index contributed by atoms with van der Waals surface area (Å²) < 4.78 is 76.7. The van der Waals surface area contributed by atoms with E-state index in [1.165, 1.54) is 26.3 Å². The first-order chi connectivity index (χ1) is 66.1. The smallest absolute Gasteiger partial charge is 0.394 e. The standard InChI is InChI=1S/C94H157N12O30P/c1-63(2)137(124-7)133-48-28-13-8-12-24-41-105-55-68-29-17-18-30-69(68)83(79(96-6)70-31-19-20-32-71(70)105)106(95)44-52-125-53-54-126-59-78(116)104-42-33-67(34-43-104)90(123)103-94(60-127-49-35-75(113)97-38-21-9-14-25-45-130-91-80(100-64(3)110)87(120)84(117)72(56-107)134-91,61-128-50-36-76(114)98-39-22-10-15-26-46-131-92-81(101-65(4)111)88(121)85(118)73(57-108)135-92)62-129-51-37-77(115)99-40-23-11-16-27-47-132-93-82(102-66(5)112)89(122)86(119)74(58-109)136-93/h17-20,29-32,67,72-74,80-82,84-89,91-93,96,107-109,117-122H,8-16,21-28,33-62,95H2,1-7H3,(H6-,97,98,99,100,101,102,103,110,111,112,113,114,115,123)/p+2. The fourth-order valence-corrected chi connectivity index (χ4v) is 17.8. The molecule has 16 atom stereocenters. The Morgan fingerprint density at radius 1 is 0.489 bits per heavy atom. The number of unbranched alkanes of at least 4 members (excludes halogenated alkanes) is 13.